The summed E-state index contributed by atoms with van der Waals surface area (Å²) < 4.78 is 6.43. The molecule has 0 saturated heterocycles. The summed E-state index contributed by atoms with van der Waals surface area (Å²) in [6.45, 7) is 6.22. The summed E-state index contributed by atoms with van der Waals surface area (Å²) >= 11 is 3.40. The largest absolute Gasteiger partial charge is 0.381 e. The summed E-state index contributed by atoms with van der Waals surface area (Å²) in [5, 5.41) is 5.66. The second kappa shape index (κ2) is 9.77. The number of carbonyl (C=O) groups is 1. The zero-order valence-electron chi connectivity index (χ0n) is 12.2. The molecule has 0 fully saturated rings. The molecule has 0 heterocycles. The topological polar surface area (TPSA) is 50.4 Å². The molecule has 0 spiro atoms. The van der Waals surface area contributed by atoms with E-state index in [1.165, 1.54) is 0 Å². The van der Waals surface area contributed by atoms with Crippen LogP contribution in [0.5, 0.6) is 0 Å². The van der Waals surface area contributed by atoms with Crippen molar-refractivity contribution < 1.29 is 9.53 Å². The minimum Gasteiger partial charge on any atom is -0.381 e. The lowest BCUT2D eigenvalue weighted by Gasteiger charge is -2.10. The van der Waals surface area contributed by atoms with Gasteiger partial charge in [0.05, 0.1) is 0 Å². The number of aryl methyl sites for hydroxylation is 1. The van der Waals surface area contributed by atoms with Crippen LogP contribution in [0.3, 0.4) is 0 Å². The van der Waals surface area contributed by atoms with Gasteiger partial charge in [0.25, 0.3) is 0 Å². The van der Waals surface area contributed by atoms with E-state index in [4.69, 9.17) is 4.74 Å². The van der Waals surface area contributed by atoms with Gasteiger partial charge in [0, 0.05) is 29.9 Å². The van der Waals surface area contributed by atoms with E-state index in [0.29, 0.717) is 13.2 Å². The third kappa shape index (κ3) is 6.91. The fourth-order valence-electron chi connectivity index (χ4n) is 1.66. The third-order valence-electron chi connectivity index (χ3n) is 2.83. The van der Waals surface area contributed by atoms with Crippen LogP contribution in [0.15, 0.2) is 22.7 Å². The molecule has 0 radical (unpaired) electrons. The molecular weight excluding hydrogens is 320 g/mol. The van der Waals surface area contributed by atoms with Gasteiger partial charge in [-0.15, -0.1) is 0 Å². The van der Waals surface area contributed by atoms with Crippen LogP contribution in [0.1, 0.15) is 31.7 Å². The van der Waals surface area contributed by atoms with E-state index in [2.05, 4.69) is 33.5 Å². The predicted octanol–water partition coefficient (Wildman–Crippen LogP) is 4.09. The van der Waals surface area contributed by atoms with Crippen molar-refractivity contribution in [2.24, 2.45) is 0 Å². The van der Waals surface area contributed by atoms with Crippen LogP contribution in [0.25, 0.3) is 0 Å². The maximum atomic E-state index is 11.7. The van der Waals surface area contributed by atoms with Crippen LogP contribution in [0.2, 0.25) is 0 Å². The third-order valence-corrected chi connectivity index (χ3v) is 3.32. The molecule has 0 aromatic heterocycles. The highest BCUT2D eigenvalue weighted by atomic mass is 79.9. The standard InChI is InChI=1S/C15H23BrN2O2/c1-3-4-9-20-10-5-8-17-15(19)18-14-7-6-13(16)11-12(14)2/h6-7,11H,3-5,8-10H2,1-2H3,(H2,17,18,19). The molecule has 1 aromatic rings. The minimum absolute atomic E-state index is 0.177. The molecule has 0 aliphatic heterocycles. The zero-order chi connectivity index (χ0) is 14.8. The predicted molar refractivity (Wildman–Crippen MR) is 86.2 cm³/mol. The number of unbranched alkanes of at least 4 members (excludes halogenated alkanes) is 1. The van der Waals surface area contributed by atoms with Gasteiger partial charge in [-0.3, -0.25) is 0 Å². The van der Waals surface area contributed by atoms with Gasteiger partial charge < -0.3 is 15.4 Å². The number of hydrogen-bond donors (Lipinski definition) is 2. The molecule has 0 aliphatic rings. The normalized spacial score (nSPS) is 10.3. The molecule has 5 heteroatoms. The molecule has 0 unspecified atom stereocenters. The molecule has 0 atom stereocenters. The molecule has 0 saturated carbocycles. The summed E-state index contributed by atoms with van der Waals surface area (Å²) in [6.07, 6.45) is 3.07. The van der Waals surface area contributed by atoms with Crippen molar-refractivity contribution in [2.75, 3.05) is 25.1 Å². The van der Waals surface area contributed by atoms with Crippen LogP contribution < -0.4 is 10.6 Å². The van der Waals surface area contributed by atoms with E-state index in [1.807, 2.05) is 25.1 Å². The number of anilines is 1. The molecule has 0 bridgehead atoms. The number of carbonyl (C=O) groups excluding carboxylic acids is 1. The molecule has 4 nitrogen and oxygen atoms in total. The smallest absolute Gasteiger partial charge is 0.319 e. The van der Waals surface area contributed by atoms with E-state index in [0.717, 1.165) is 41.6 Å². The van der Waals surface area contributed by atoms with Crippen molar-refractivity contribution in [3.8, 4) is 0 Å². The number of rotatable bonds is 8. The maximum Gasteiger partial charge on any atom is 0.319 e. The Morgan fingerprint density at radius 1 is 1.30 bits per heavy atom. The molecule has 20 heavy (non-hydrogen) atoms. The van der Waals surface area contributed by atoms with Gasteiger partial charge in [-0.1, -0.05) is 29.3 Å². The minimum atomic E-state index is -0.177. The van der Waals surface area contributed by atoms with E-state index in [-0.39, 0.29) is 6.03 Å². The average molecular weight is 343 g/mol. The monoisotopic (exact) mass is 342 g/mol. The van der Waals surface area contributed by atoms with Crippen molar-refractivity contribution in [3.63, 3.8) is 0 Å². The van der Waals surface area contributed by atoms with Gasteiger partial charge in [-0.2, -0.15) is 0 Å². The molecule has 1 aromatic carbocycles. The highest BCUT2D eigenvalue weighted by Crippen LogP contribution is 2.19. The first kappa shape index (κ1) is 17.0. The highest BCUT2D eigenvalue weighted by Gasteiger charge is 2.03. The molecule has 0 aliphatic carbocycles. The Labute approximate surface area is 129 Å². The zero-order valence-corrected chi connectivity index (χ0v) is 13.8. The van der Waals surface area contributed by atoms with E-state index in [1.54, 1.807) is 0 Å². The van der Waals surface area contributed by atoms with Crippen LogP contribution >= 0.6 is 15.9 Å². The Hall–Kier alpha value is -1.07. The molecule has 2 amide bonds. The average Bonchev–Trinajstić information content (AvgIpc) is 2.41. The van der Waals surface area contributed by atoms with Gasteiger partial charge in [-0.25, -0.2) is 4.79 Å². The van der Waals surface area contributed by atoms with Gasteiger partial charge in [0.15, 0.2) is 0 Å². The fraction of sp³-hybridized carbons (Fsp3) is 0.533. The van der Waals surface area contributed by atoms with Crippen LogP contribution in [0, 0.1) is 6.92 Å². The number of ether oxygens (including phenoxy) is 1. The Balaban J connectivity index is 2.17. The molecule has 112 valence electrons. The van der Waals surface area contributed by atoms with Crippen LogP contribution in [-0.2, 0) is 4.74 Å². The second-order valence-corrected chi connectivity index (χ2v) is 5.58. The molecule has 2 N–H and O–H groups in total. The van der Waals surface area contributed by atoms with Crippen molar-refractivity contribution in [2.45, 2.75) is 33.1 Å². The van der Waals surface area contributed by atoms with Gasteiger partial charge in [0.2, 0.25) is 0 Å². The lowest BCUT2D eigenvalue weighted by Crippen LogP contribution is -2.30. The number of urea groups is 1. The number of nitrogens with one attached hydrogen (secondary N) is 2. The van der Waals surface area contributed by atoms with Gasteiger partial charge in [0.1, 0.15) is 0 Å². The van der Waals surface area contributed by atoms with Crippen molar-refractivity contribution in [3.05, 3.63) is 28.2 Å². The summed E-state index contributed by atoms with van der Waals surface area (Å²) in [5.41, 5.74) is 1.85. The quantitative estimate of drug-likeness (QED) is 0.699. The Bertz CT molecular complexity index is 424. The number of amides is 2. The summed E-state index contributed by atoms with van der Waals surface area (Å²) in [4.78, 5) is 11.7. The number of halogens is 1. The van der Waals surface area contributed by atoms with Crippen LogP contribution in [0.4, 0.5) is 10.5 Å². The van der Waals surface area contributed by atoms with Crippen molar-refractivity contribution in [1.82, 2.24) is 5.32 Å². The van der Waals surface area contributed by atoms with Gasteiger partial charge >= 0.3 is 6.03 Å². The van der Waals surface area contributed by atoms with E-state index in [9.17, 15) is 4.79 Å². The molecular formula is C15H23BrN2O2. The van der Waals surface area contributed by atoms with E-state index >= 15 is 0 Å². The first-order chi connectivity index (χ1) is 9.63. The lowest BCUT2D eigenvalue weighted by molar-refractivity contribution is 0.129. The maximum absolute atomic E-state index is 11.7. The van der Waals surface area contributed by atoms with E-state index < -0.39 is 0 Å². The summed E-state index contributed by atoms with van der Waals surface area (Å²) in [7, 11) is 0. The highest BCUT2D eigenvalue weighted by molar-refractivity contribution is 9.10. The Morgan fingerprint density at radius 2 is 2.05 bits per heavy atom. The number of hydrogen-bond acceptors (Lipinski definition) is 2. The second-order valence-electron chi connectivity index (χ2n) is 4.66. The number of benzene rings is 1. The lowest BCUT2D eigenvalue weighted by atomic mass is 10.2. The molecule has 1 rings (SSSR count). The fourth-order valence-corrected chi connectivity index (χ4v) is 2.13. The SMILES string of the molecule is CCCCOCCCNC(=O)Nc1ccc(Br)cc1C. The van der Waals surface area contributed by atoms with Crippen LogP contribution in [-0.4, -0.2) is 25.8 Å². The first-order valence-electron chi connectivity index (χ1n) is 7.02. The van der Waals surface area contributed by atoms with Crippen molar-refractivity contribution >= 4 is 27.6 Å². The Morgan fingerprint density at radius 3 is 2.75 bits per heavy atom. The Kier molecular flexibility index (Phi) is 8.30. The van der Waals surface area contributed by atoms with Crippen molar-refractivity contribution in [1.29, 1.82) is 0 Å². The summed E-state index contributed by atoms with van der Waals surface area (Å²) in [5.74, 6) is 0. The summed E-state index contributed by atoms with van der Waals surface area (Å²) in [6, 6.07) is 5.58. The van der Waals surface area contributed by atoms with Gasteiger partial charge in [-0.05, 0) is 43.5 Å². The first-order valence-corrected chi connectivity index (χ1v) is 7.81.